The summed E-state index contributed by atoms with van der Waals surface area (Å²) in [6, 6.07) is 13.6. The Hall–Kier alpha value is -2.26. The highest BCUT2D eigenvalue weighted by molar-refractivity contribution is 6.32. The molecule has 1 amide bonds. The number of nitrogens with zero attached hydrogens (tertiary/aromatic N) is 2. The number of hydrogen-bond acceptors (Lipinski definition) is 4. The van der Waals surface area contributed by atoms with Gasteiger partial charge in [-0.1, -0.05) is 35.3 Å². The van der Waals surface area contributed by atoms with Gasteiger partial charge in [-0.15, -0.1) is 0 Å². The number of likely N-dealkylation sites (N-methyl/N-ethyl adjacent to an activating group) is 1. The van der Waals surface area contributed by atoms with Gasteiger partial charge in [0, 0.05) is 12.2 Å². The van der Waals surface area contributed by atoms with Crippen molar-refractivity contribution in [2.45, 2.75) is 13.0 Å². The molecule has 0 saturated heterocycles. The van der Waals surface area contributed by atoms with Crippen molar-refractivity contribution >= 4 is 34.8 Å². The first kappa shape index (κ1) is 20.1. The van der Waals surface area contributed by atoms with E-state index < -0.39 is 0 Å². The van der Waals surface area contributed by atoms with Crippen LogP contribution in [-0.4, -0.2) is 37.0 Å². The monoisotopic (exact) mass is 391 g/mol. The van der Waals surface area contributed by atoms with Gasteiger partial charge in [-0.25, -0.2) is 0 Å². The molecule has 7 heteroatoms. The molecule has 0 radical (unpaired) electrons. The molecule has 0 bridgehead atoms. The first-order valence-corrected chi connectivity index (χ1v) is 8.76. The van der Waals surface area contributed by atoms with E-state index in [-0.39, 0.29) is 11.9 Å². The molecule has 1 unspecified atom stereocenters. The van der Waals surface area contributed by atoms with Gasteiger partial charge in [-0.3, -0.25) is 9.69 Å². The van der Waals surface area contributed by atoms with Crippen LogP contribution in [0.2, 0.25) is 10.0 Å². The van der Waals surface area contributed by atoms with Crippen LogP contribution in [0, 0.1) is 11.3 Å². The highest BCUT2D eigenvalue weighted by atomic mass is 35.5. The quantitative estimate of drug-likeness (QED) is 0.767. The summed E-state index contributed by atoms with van der Waals surface area (Å²) < 4.78 is 5.64. The molecule has 2 rings (SSSR count). The number of nitrogens with one attached hydrogen (secondary N) is 1. The topological polar surface area (TPSA) is 65.4 Å². The van der Waals surface area contributed by atoms with E-state index in [9.17, 15) is 4.79 Å². The fourth-order valence-electron chi connectivity index (χ4n) is 2.19. The number of ether oxygens (including phenoxy) is 1. The fourth-order valence-corrected chi connectivity index (χ4v) is 2.60. The number of halogens is 2. The van der Waals surface area contributed by atoms with E-state index in [1.54, 1.807) is 37.3 Å². The van der Waals surface area contributed by atoms with Crippen LogP contribution in [0.1, 0.15) is 12.5 Å². The van der Waals surface area contributed by atoms with Gasteiger partial charge < -0.3 is 10.1 Å². The fraction of sp³-hybridized carbons (Fsp3) is 0.263. The Morgan fingerprint density at radius 2 is 2.00 bits per heavy atom. The first-order chi connectivity index (χ1) is 12.4. The molecule has 1 N–H and O–H groups in total. The van der Waals surface area contributed by atoms with Crippen LogP contribution in [-0.2, 0) is 4.79 Å². The summed E-state index contributed by atoms with van der Waals surface area (Å²) >= 11 is 12.0. The number of para-hydroxylation sites is 1. The van der Waals surface area contributed by atoms with Gasteiger partial charge in [0.15, 0.2) is 0 Å². The Bertz CT molecular complexity index is 821. The Labute approximate surface area is 163 Å². The van der Waals surface area contributed by atoms with E-state index >= 15 is 0 Å². The van der Waals surface area contributed by atoms with Crippen LogP contribution in [0.4, 0.5) is 5.69 Å². The van der Waals surface area contributed by atoms with Gasteiger partial charge in [-0.2, -0.15) is 5.26 Å². The van der Waals surface area contributed by atoms with E-state index in [2.05, 4.69) is 5.32 Å². The first-order valence-electron chi connectivity index (χ1n) is 8.00. The van der Waals surface area contributed by atoms with Crippen LogP contribution in [0.25, 0.3) is 0 Å². The Kier molecular flexibility index (Phi) is 7.28. The number of amides is 1. The summed E-state index contributed by atoms with van der Waals surface area (Å²) in [5.74, 6) is 0.443. The number of nitriles is 1. The zero-order chi connectivity index (χ0) is 19.1. The Morgan fingerprint density at radius 1 is 1.27 bits per heavy atom. The number of anilines is 1. The van der Waals surface area contributed by atoms with Gasteiger partial charge in [0.2, 0.25) is 5.91 Å². The van der Waals surface area contributed by atoms with Crippen LogP contribution in [0.3, 0.4) is 0 Å². The molecule has 2 aromatic carbocycles. The summed E-state index contributed by atoms with van der Waals surface area (Å²) in [5.41, 5.74) is 0.915. The van der Waals surface area contributed by atoms with Gasteiger partial charge in [-0.05, 0) is 44.3 Å². The van der Waals surface area contributed by atoms with Crippen molar-refractivity contribution in [2.75, 3.05) is 25.5 Å². The molecule has 0 spiro atoms. The molecular weight excluding hydrogens is 373 g/mol. The maximum Gasteiger partial charge on any atom is 0.241 e. The number of carbonyl (C=O) groups is 1. The maximum atomic E-state index is 12.4. The van der Waals surface area contributed by atoms with Crippen molar-refractivity contribution in [1.82, 2.24) is 4.90 Å². The molecule has 0 saturated carbocycles. The predicted octanol–water partition coefficient (Wildman–Crippen LogP) is 4.20. The smallest absolute Gasteiger partial charge is 0.241 e. The third-order valence-electron chi connectivity index (χ3n) is 3.94. The molecule has 0 heterocycles. The molecule has 0 aliphatic heterocycles. The van der Waals surface area contributed by atoms with Gasteiger partial charge in [0.1, 0.15) is 18.4 Å². The Balaban J connectivity index is 1.86. The second-order valence-electron chi connectivity index (χ2n) is 5.73. The van der Waals surface area contributed by atoms with Crippen molar-refractivity contribution in [3.8, 4) is 11.8 Å². The lowest BCUT2D eigenvalue weighted by atomic mass is 10.2. The Morgan fingerprint density at radius 3 is 2.65 bits per heavy atom. The van der Waals surface area contributed by atoms with Crippen LogP contribution >= 0.6 is 23.2 Å². The van der Waals surface area contributed by atoms with Gasteiger partial charge in [0.05, 0.1) is 21.7 Å². The zero-order valence-corrected chi connectivity index (χ0v) is 16.0. The van der Waals surface area contributed by atoms with Crippen LogP contribution in [0.15, 0.2) is 42.5 Å². The number of benzene rings is 2. The molecule has 1 atom stereocenters. The van der Waals surface area contributed by atoms with Crippen LogP contribution in [0.5, 0.6) is 5.75 Å². The van der Waals surface area contributed by atoms with E-state index in [1.807, 2.05) is 30.1 Å². The highest BCUT2D eigenvalue weighted by Gasteiger charge is 2.18. The number of carbonyl (C=O) groups excluding carboxylic acids is 1. The predicted molar refractivity (Wildman–Crippen MR) is 104 cm³/mol. The SMILES string of the molecule is CC(C(=O)Nc1ccc(C#N)c(Cl)c1)N(C)CCOc1ccccc1Cl. The summed E-state index contributed by atoms with van der Waals surface area (Å²) in [5, 5.41) is 12.5. The largest absolute Gasteiger partial charge is 0.491 e. The minimum absolute atomic E-state index is 0.175. The van der Waals surface area contributed by atoms with Crippen molar-refractivity contribution in [3.63, 3.8) is 0 Å². The normalized spacial score (nSPS) is 11.7. The lowest BCUT2D eigenvalue weighted by Crippen LogP contribution is -2.41. The van der Waals surface area contributed by atoms with E-state index in [0.29, 0.717) is 40.2 Å². The zero-order valence-electron chi connectivity index (χ0n) is 14.5. The highest BCUT2D eigenvalue weighted by Crippen LogP contribution is 2.23. The molecule has 2 aromatic rings. The minimum Gasteiger partial charge on any atom is -0.491 e. The molecule has 0 fully saturated rings. The van der Waals surface area contributed by atoms with Crippen molar-refractivity contribution in [2.24, 2.45) is 0 Å². The van der Waals surface area contributed by atoms with Crippen molar-refractivity contribution in [3.05, 3.63) is 58.1 Å². The van der Waals surface area contributed by atoms with E-state index in [1.165, 1.54) is 0 Å². The molecule has 0 aliphatic carbocycles. The molecule has 0 aliphatic rings. The molecule has 26 heavy (non-hydrogen) atoms. The third-order valence-corrected chi connectivity index (χ3v) is 4.56. The standard InChI is InChI=1S/C19H19Cl2N3O2/c1-13(19(25)23-15-8-7-14(12-22)17(21)11-15)24(2)9-10-26-18-6-4-3-5-16(18)20/h3-8,11,13H,9-10H2,1-2H3,(H,23,25). The lowest BCUT2D eigenvalue weighted by molar-refractivity contribution is -0.120. The average Bonchev–Trinajstić information content (AvgIpc) is 2.62. The second-order valence-corrected chi connectivity index (χ2v) is 6.55. The molecule has 136 valence electrons. The lowest BCUT2D eigenvalue weighted by Gasteiger charge is -2.24. The maximum absolute atomic E-state index is 12.4. The summed E-state index contributed by atoms with van der Waals surface area (Å²) in [4.78, 5) is 14.3. The number of hydrogen-bond donors (Lipinski definition) is 1. The van der Waals surface area contributed by atoms with Gasteiger partial charge >= 0.3 is 0 Å². The summed E-state index contributed by atoms with van der Waals surface area (Å²) in [6.07, 6.45) is 0. The molecular formula is C19H19Cl2N3O2. The van der Waals surface area contributed by atoms with Crippen LogP contribution < -0.4 is 10.1 Å². The number of rotatable bonds is 7. The van der Waals surface area contributed by atoms with E-state index in [0.717, 1.165) is 0 Å². The van der Waals surface area contributed by atoms with Crippen molar-refractivity contribution in [1.29, 1.82) is 5.26 Å². The summed E-state index contributed by atoms with van der Waals surface area (Å²) in [6.45, 7) is 2.75. The van der Waals surface area contributed by atoms with Crippen molar-refractivity contribution < 1.29 is 9.53 Å². The second kappa shape index (κ2) is 9.44. The summed E-state index contributed by atoms with van der Waals surface area (Å²) in [7, 11) is 1.84. The molecule has 5 nitrogen and oxygen atoms in total. The van der Waals surface area contributed by atoms with Gasteiger partial charge in [0.25, 0.3) is 0 Å². The molecule has 0 aromatic heterocycles. The average molecular weight is 392 g/mol. The minimum atomic E-state index is -0.376. The third kappa shape index (κ3) is 5.37. The van der Waals surface area contributed by atoms with E-state index in [4.69, 9.17) is 33.2 Å².